The van der Waals surface area contributed by atoms with Crippen molar-refractivity contribution in [3.05, 3.63) is 59.6 Å². The molecule has 0 saturated carbocycles. The van der Waals surface area contributed by atoms with Gasteiger partial charge in [0.05, 0.1) is 18.2 Å². The van der Waals surface area contributed by atoms with Gasteiger partial charge in [0.2, 0.25) is 0 Å². The summed E-state index contributed by atoms with van der Waals surface area (Å²) < 4.78 is 49.5. The number of hydrogen-bond donors (Lipinski definition) is 2. The highest BCUT2D eigenvalue weighted by atomic mass is 19.4. The molecule has 2 aromatic heterocycles. The van der Waals surface area contributed by atoms with Crippen LogP contribution in [0, 0.1) is 11.3 Å². The first kappa shape index (κ1) is 25.2. The molecule has 1 aliphatic rings. The first-order chi connectivity index (χ1) is 17.2. The molecule has 0 radical (unpaired) electrons. The van der Waals surface area contributed by atoms with E-state index in [4.69, 9.17) is 14.6 Å². The van der Waals surface area contributed by atoms with Crippen LogP contribution < -0.4 is 5.32 Å². The molecule has 3 aromatic rings. The van der Waals surface area contributed by atoms with Crippen LogP contribution in [-0.2, 0) is 9.53 Å². The maximum atomic E-state index is 13.1. The van der Waals surface area contributed by atoms with E-state index in [1.54, 1.807) is 31.2 Å². The summed E-state index contributed by atoms with van der Waals surface area (Å²) in [6, 6.07) is 8.24. The zero-order valence-corrected chi connectivity index (χ0v) is 19.5. The molecule has 8 nitrogen and oxygen atoms in total. The molecule has 36 heavy (non-hydrogen) atoms. The summed E-state index contributed by atoms with van der Waals surface area (Å²) in [4.78, 5) is 30.7. The van der Waals surface area contributed by atoms with E-state index >= 15 is 0 Å². The number of likely N-dealkylation sites (tertiary alicyclic amines) is 1. The van der Waals surface area contributed by atoms with Crippen molar-refractivity contribution in [1.29, 1.82) is 5.41 Å². The van der Waals surface area contributed by atoms with Crippen LogP contribution in [0.5, 0.6) is 0 Å². The van der Waals surface area contributed by atoms with E-state index in [1.165, 1.54) is 23.4 Å². The van der Waals surface area contributed by atoms with Gasteiger partial charge in [0, 0.05) is 41.5 Å². The molecule has 3 heterocycles. The Balaban J connectivity index is 1.59. The van der Waals surface area contributed by atoms with Crippen LogP contribution in [0.15, 0.2) is 47.2 Å². The Morgan fingerprint density at radius 3 is 2.64 bits per heavy atom. The zero-order chi connectivity index (χ0) is 25.9. The maximum absolute atomic E-state index is 13.1. The van der Waals surface area contributed by atoms with E-state index in [9.17, 15) is 22.8 Å². The van der Waals surface area contributed by atoms with Gasteiger partial charge < -0.3 is 19.4 Å². The summed E-state index contributed by atoms with van der Waals surface area (Å²) in [7, 11) is 0. The lowest BCUT2D eigenvalue weighted by molar-refractivity contribution is -0.149. The van der Waals surface area contributed by atoms with Crippen LogP contribution in [-0.4, -0.2) is 59.9 Å². The predicted molar refractivity (Wildman–Crippen MR) is 126 cm³/mol. The number of nitrogens with zero attached hydrogens (tertiary/aromatic N) is 2. The highest BCUT2D eigenvalue weighted by molar-refractivity contribution is 6.19. The molecule has 0 atom stereocenters. The van der Waals surface area contributed by atoms with Crippen LogP contribution in [0.4, 0.5) is 18.9 Å². The molecule has 11 heteroatoms. The number of halogens is 3. The summed E-state index contributed by atoms with van der Waals surface area (Å²) in [5.41, 5.74) is 0.843. The van der Waals surface area contributed by atoms with Gasteiger partial charge >= 0.3 is 12.1 Å². The summed E-state index contributed by atoms with van der Waals surface area (Å²) >= 11 is 0. The standard InChI is InChI=1S/C25H25F3N4O4/c1-2-35-24(34)15-7-9-32(10-8-15)23(33)20-11-19(31-14-25(26,27)28)17(12-30-20)22(29)18-13-36-21-6-4-3-5-16(18)21/h3-6,11-13,15,29H,2,7-10,14H2,1H3,(H,30,31). The van der Waals surface area contributed by atoms with Crippen molar-refractivity contribution in [1.82, 2.24) is 9.88 Å². The van der Waals surface area contributed by atoms with E-state index in [-0.39, 0.29) is 41.2 Å². The van der Waals surface area contributed by atoms with E-state index in [0.717, 1.165) is 0 Å². The number of para-hydroxylation sites is 1. The third-order valence-corrected chi connectivity index (χ3v) is 6.02. The molecule has 0 aliphatic carbocycles. The lowest BCUT2D eigenvalue weighted by atomic mass is 9.96. The molecule has 1 aliphatic heterocycles. The summed E-state index contributed by atoms with van der Waals surface area (Å²) in [6.45, 7) is 1.26. The maximum Gasteiger partial charge on any atom is 0.405 e. The summed E-state index contributed by atoms with van der Waals surface area (Å²) in [5, 5.41) is 11.6. The van der Waals surface area contributed by atoms with Crippen molar-refractivity contribution in [2.45, 2.75) is 25.9 Å². The molecule has 0 unspecified atom stereocenters. The minimum absolute atomic E-state index is 0.0395. The van der Waals surface area contributed by atoms with Crippen molar-refractivity contribution in [2.75, 3.05) is 31.6 Å². The fraction of sp³-hybridized carbons (Fsp3) is 0.360. The Morgan fingerprint density at radius 2 is 1.94 bits per heavy atom. The fourth-order valence-electron chi connectivity index (χ4n) is 4.17. The summed E-state index contributed by atoms with van der Waals surface area (Å²) in [5.74, 6) is -1.05. The molecule has 190 valence electrons. The van der Waals surface area contributed by atoms with E-state index in [1.807, 2.05) is 0 Å². The van der Waals surface area contributed by atoms with Crippen molar-refractivity contribution in [3.63, 3.8) is 0 Å². The second-order valence-electron chi connectivity index (χ2n) is 8.42. The second-order valence-corrected chi connectivity index (χ2v) is 8.42. The van der Waals surface area contributed by atoms with Crippen LogP contribution >= 0.6 is 0 Å². The van der Waals surface area contributed by atoms with E-state index < -0.39 is 18.6 Å². The Hall–Kier alpha value is -3.89. The number of amides is 1. The molecule has 1 aromatic carbocycles. The Kier molecular flexibility index (Phi) is 7.27. The van der Waals surface area contributed by atoms with Gasteiger partial charge in [0.1, 0.15) is 24.1 Å². The number of carbonyl (C=O) groups is 2. The molecule has 0 bridgehead atoms. The number of ether oxygens (including phenoxy) is 1. The monoisotopic (exact) mass is 502 g/mol. The second kappa shape index (κ2) is 10.4. The molecule has 1 fully saturated rings. The van der Waals surface area contributed by atoms with Gasteiger partial charge in [-0.05, 0) is 31.9 Å². The number of anilines is 1. The van der Waals surface area contributed by atoms with Crippen molar-refractivity contribution in [2.24, 2.45) is 5.92 Å². The molecular formula is C25H25F3N4O4. The number of hydrogen-bond acceptors (Lipinski definition) is 7. The highest BCUT2D eigenvalue weighted by Gasteiger charge is 2.31. The van der Waals surface area contributed by atoms with Crippen LogP contribution in [0.3, 0.4) is 0 Å². The van der Waals surface area contributed by atoms with Gasteiger partial charge in [-0.2, -0.15) is 13.2 Å². The minimum Gasteiger partial charge on any atom is -0.466 e. The number of esters is 1. The fourth-order valence-corrected chi connectivity index (χ4v) is 4.17. The third-order valence-electron chi connectivity index (χ3n) is 6.02. The van der Waals surface area contributed by atoms with E-state index in [2.05, 4.69) is 10.3 Å². The SMILES string of the molecule is CCOC(=O)C1CCN(C(=O)c2cc(NCC(F)(F)F)c(C(=N)c3coc4ccccc34)cn2)CC1. The number of carbonyl (C=O) groups excluding carboxylic acids is 2. The third kappa shape index (κ3) is 5.50. The molecule has 4 rings (SSSR count). The van der Waals surface area contributed by atoms with Gasteiger partial charge in [-0.1, -0.05) is 18.2 Å². The molecule has 2 N–H and O–H groups in total. The average Bonchev–Trinajstić information content (AvgIpc) is 3.30. The Labute approximate surface area is 204 Å². The zero-order valence-electron chi connectivity index (χ0n) is 19.5. The Bertz CT molecular complexity index is 1280. The molecule has 1 saturated heterocycles. The average molecular weight is 502 g/mol. The number of fused-ring (bicyclic) bond motifs is 1. The quantitative estimate of drug-likeness (QED) is 0.360. The number of nitrogens with one attached hydrogen (secondary N) is 2. The minimum atomic E-state index is -4.51. The van der Waals surface area contributed by atoms with Gasteiger partial charge in [-0.25, -0.2) is 0 Å². The number of furan rings is 1. The first-order valence-corrected chi connectivity index (χ1v) is 11.5. The lowest BCUT2D eigenvalue weighted by Gasteiger charge is -2.30. The number of rotatable bonds is 7. The molecule has 1 amide bonds. The van der Waals surface area contributed by atoms with Gasteiger partial charge in [0.15, 0.2) is 0 Å². The number of piperidine rings is 1. The van der Waals surface area contributed by atoms with Crippen LogP contribution in [0.1, 0.15) is 41.4 Å². The normalized spacial score (nSPS) is 14.6. The summed E-state index contributed by atoms with van der Waals surface area (Å²) in [6.07, 6.45) is -1.06. The van der Waals surface area contributed by atoms with Crippen molar-refractivity contribution in [3.8, 4) is 0 Å². The lowest BCUT2D eigenvalue weighted by Crippen LogP contribution is -2.41. The first-order valence-electron chi connectivity index (χ1n) is 11.5. The van der Waals surface area contributed by atoms with E-state index in [0.29, 0.717) is 42.5 Å². The van der Waals surface area contributed by atoms with Gasteiger partial charge in [-0.3, -0.25) is 20.0 Å². The van der Waals surface area contributed by atoms with Gasteiger partial charge in [-0.15, -0.1) is 0 Å². The Morgan fingerprint density at radius 1 is 1.22 bits per heavy atom. The molecule has 0 spiro atoms. The van der Waals surface area contributed by atoms with Crippen molar-refractivity contribution < 1.29 is 31.9 Å². The van der Waals surface area contributed by atoms with Crippen LogP contribution in [0.25, 0.3) is 11.0 Å². The smallest absolute Gasteiger partial charge is 0.405 e. The number of aromatic nitrogens is 1. The van der Waals surface area contributed by atoms with Crippen LogP contribution in [0.2, 0.25) is 0 Å². The number of pyridine rings is 1. The topological polar surface area (TPSA) is 109 Å². The number of alkyl halides is 3. The van der Waals surface area contributed by atoms with Crippen molar-refractivity contribution >= 4 is 34.2 Å². The highest BCUT2D eigenvalue weighted by Crippen LogP contribution is 2.28. The van der Waals surface area contributed by atoms with Gasteiger partial charge in [0.25, 0.3) is 5.91 Å². The number of benzene rings is 1. The largest absolute Gasteiger partial charge is 0.466 e. The molecular weight excluding hydrogens is 477 g/mol. The predicted octanol–water partition coefficient (Wildman–Crippen LogP) is 4.63.